The highest BCUT2D eigenvalue weighted by atomic mass is 79.9. The van der Waals surface area contributed by atoms with Gasteiger partial charge in [0.05, 0.1) is 16.8 Å². The first-order chi connectivity index (χ1) is 18.3. The minimum atomic E-state index is -4.79. The third kappa shape index (κ3) is 8.13. The van der Waals surface area contributed by atoms with E-state index in [2.05, 4.69) is 41.4 Å². The SMILES string of the molecule is CNCc1cc(C(F)(F)F)cc(C(F)(F)F)c1.O=C(O)c1cnc(N2CCNCC2)nc1-c1ccccc1Br. The van der Waals surface area contributed by atoms with Gasteiger partial charge < -0.3 is 20.6 Å². The predicted molar refractivity (Wildman–Crippen MR) is 136 cm³/mol. The Bertz CT molecular complexity index is 1260. The average Bonchev–Trinajstić information content (AvgIpc) is 2.88. The molecule has 1 saturated heterocycles. The largest absolute Gasteiger partial charge is 0.478 e. The predicted octanol–water partition coefficient (Wildman–Crippen LogP) is 5.46. The lowest BCUT2D eigenvalue weighted by molar-refractivity contribution is -0.143. The number of aromatic nitrogens is 2. The summed E-state index contributed by atoms with van der Waals surface area (Å²) in [5.74, 6) is -0.463. The fraction of sp³-hybridized carbons (Fsp3) is 0.320. The van der Waals surface area contributed by atoms with Gasteiger partial charge >= 0.3 is 18.3 Å². The van der Waals surface area contributed by atoms with Crippen LogP contribution in [0.5, 0.6) is 0 Å². The van der Waals surface area contributed by atoms with Crippen molar-refractivity contribution in [2.24, 2.45) is 0 Å². The van der Waals surface area contributed by atoms with Crippen molar-refractivity contribution < 1.29 is 36.2 Å². The molecule has 4 rings (SSSR count). The van der Waals surface area contributed by atoms with E-state index >= 15 is 0 Å². The van der Waals surface area contributed by atoms with Crippen LogP contribution in [0.3, 0.4) is 0 Å². The third-order valence-electron chi connectivity index (χ3n) is 5.56. The number of nitrogens with one attached hydrogen (secondary N) is 2. The molecule has 0 amide bonds. The number of aromatic carboxylic acids is 1. The molecule has 14 heteroatoms. The van der Waals surface area contributed by atoms with Gasteiger partial charge in [-0.2, -0.15) is 26.3 Å². The van der Waals surface area contributed by atoms with Crippen LogP contribution >= 0.6 is 15.9 Å². The zero-order valence-electron chi connectivity index (χ0n) is 20.5. The summed E-state index contributed by atoms with van der Waals surface area (Å²) in [6.45, 7) is 3.29. The molecule has 0 radical (unpaired) electrons. The summed E-state index contributed by atoms with van der Waals surface area (Å²) in [6, 6.07) is 8.97. The average molecular weight is 620 g/mol. The Morgan fingerprint density at radius 1 is 1.05 bits per heavy atom. The minimum absolute atomic E-state index is 0.0605. The van der Waals surface area contributed by atoms with Crippen LogP contribution < -0.4 is 15.5 Å². The Labute approximate surface area is 228 Å². The van der Waals surface area contributed by atoms with Gasteiger partial charge in [0.1, 0.15) is 5.56 Å². The second-order valence-corrected chi connectivity index (χ2v) is 9.25. The van der Waals surface area contributed by atoms with E-state index in [-0.39, 0.29) is 23.7 Å². The first-order valence-electron chi connectivity index (χ1n) is 11.5. The molecule has 39 heavy (non-hydrogen) atoms. The summed E-state index contributed by atoms with van der Waals surface area (Å²) >= 11 is 3.46. The molecule has 1 aliphatic rings. The highest BCUT2D eigenvalue weighted by Crippen LogP contribution is 2.36. The summed E-state index contributed by atoms with van der Waals surface area (Å²) in [7, 11) is 1.44. The Morgan fingerprint density at radius 3 is 2.15 bits per heavy atom. The molecule has 0 bridgehead atoms. The smallest absolute Gasteiger partial charge is 0.416 e. The van der Waals surface area contributed by atoms with E-state index in [4.69, 9.17) is 0 Å². The number of carbonyl (C=O) groups is 1. The first-order valence-corrected chi connectivity index (χ1v) is 12.3. The van der Waals surface area contributed by atoms with E-state index in [1.807, 2.05) is 24.3 Å². The van der Waals surface area contributed by atoms with Crippen LogP contribution in [-0.2, 0) is 18.9 Å². The van der Waals surface area contributed by atoms with Crippen molar-refractivity contribution in [3.8, 4) is 11.3 Å². The van der Waals surface area contributed by atoms with Crippen LogP contribution in [0.4, 0.5) is 32.3 Å². The summed E-state index contributed by atoms with van der Waals surface area (Å²) < 4.78 is 75.1. The fourth-order valence-corrected chi connectivity index (χ4v) is 4.20. The highest BCUT2D eigenvalue weighted by Gasteiger charge is 2.36. The van der Waals surface area contributed by atoms with Gasteiger partial charge in [0.2, 0.25) is 5.95 Å². The van der Waals surface area contributed by atoms with Gasteiger partial charge in [-0.25, -0.2) is 14.8 Å². The van der Waals surface area contributed by atoms with Gasteiger partial charge in [-0.3, -0.25) is 0 Å². The van der Waals surface area contributed by atoms with Crippen LogP contribution in [0.2, 0.25) is 0 Å². The zero-order valence-corrected chi connectivity index (χ0v) is 22.1. The molecule has 0 aliphatic carbocycles. The molecule has 0 spiro atoms. The van der Waals surface area contributed by atoms with Crippen molar-refractivity contribution in [1.82, 2.24) is 20.6 Å². The molecule has 3 aromatic rings. The van der Waals surface area contributed by atoms with E-state index < -0.39 is 29.4 Å². The Morgan fingerprint density at radius 2 is 1.64 bits per heavy atom. The molecule has 2 heterocycles. The molecule has 1 aromatic heterocycles. The van der Waals surface area contributed by atoms with E-state index in [1.165, 1.54) is 13.2 Å². The molecule has 210 valence electrons. The monoisotopic (exact) mass is 619 g/mol. The number of carboxylic acid groups (broad SMARTS) is 1. The molecule has 1 aliphatic heterocycles. The maximum atomic E-state index is 12.4. The molecule has 1 fully saturated rings. The Balaban J connectivity index is 0.000000224. The maximum Gasteiger partial charge on any atom is 0.416 e. The third-order valence-corrected chi connectivity index (χ3v) is 6.26. The van der Waals surface area contributed by atoms with Crippen LogP contribution in [0.15, 0.2) is 53.1 Å². The lowest BCUT2D eigenvalue weighted by Gasteiger charge is -2.27. The number of anilines is 1. The highest BCUT2D eigenvalue weighted by molar-refractivity contribution is 9.10. The van der Waals surface area contributed by atoms with Crippen molar-refractivity contribution in [2.75, 3.05) is 38.1 Å². The normalized spacial score (nSPS) is 14.0. The molecular weight excluding hydrogens is 596 g/mol. The van der Waals surface area contributed by atoms with E-state index in [0.29, 0.717) is 23.8 Å². The summed E-state index contributed by atoms with van der Waals surface area (Å²) in [4.78, 5) is 22.3. The Kier molecular flexibility index (Phi) is 9.91. The molecule has 3 N–H and O–H groups in total. The molecular formula is C25H24BrF6N5O2. The van der Waals surface area contributed by atoms with Crippen molar-refractivity contribution in [2.45, 2.75) is 18.9 Å². The topological polar surface area (TPSA) is 90.4 Å². The molecule has 0 unspecified atom stereocenters. The number of carboxylic acids is 1. The van der Waals surface area contributed by atoms with Gasteiger partial charge in [-0.15, -0.1) is 0 Å². The standard InChI is InChI=1S/C15H15BrN4O2.C10H9F6N/c16-12-4-2-1-3-10(12)13-11(14(21)22)9-18-15(19-13)20-7-5-17-6-8-20;1-17-5-6-2-7(9(11,12)13)4-8(3-6)10(14,15)16/h1-4,9,17H,5-8H2,(H,21,22);2-4,17H,5H2,1H3. The van der Waals surface area contributed by atoms with Crippen molar-refractivity contribution in [1.29, 1.82) is 0 Å². The maximum absolute atomic E-state index is 12.4. The van der Waals surface area contributed by atoms with Crippen molar-refractivity contribution in [3.05, 3.63) is 75.4 Å². The number of nitrogens with zero attached hydrogens (tertiary/aromatic N) is 3. The molecule has 7 nitrogen and oxygen atoms in total. The summed E-state index contributed by atoms with van der Waals surface area (Å²) in [6.07, 6.45) is -8.19. The van der Waals surface area contributed by atoms with Crippen molar-refractivity contribution >= 4 is 27.8 Å². The number of alkyl halides is 6. The minimum Gasteiger partial charge on any atom is -0.478 e. The van der Waals surface area contributed by atoms with E-state index in [0.717, 1.165) is 36.2 Å². The lowest BCUT2D eigenvalue weighted by atomic mass is 10.0. The fourth-order valence-electron chi connectivity index (χ4n) is 3.73. The summed E-state index contributed by atoms with van der Waals surface area (Å²) in [5, 5.41) is 15.2. The number of piperazine rings is 1. The zero-order chi connectivity index (χ0) is 28.8. The van der Waals surface area contributed by atoms with E-state index in [9.17, 15) is 36.2 Å². The Hall–Kier alpha value is -3.23. The van der Waals surface area contributed by atoms with Gasteiger partial charge in [-0.05, 0) is 36.9 Å². The van der Waals surface area contributed by atoms with Crippen LogP contribution in [0.25, 0.3) is 11.3 Å². The van der Waals surface area contributed by atoms with Crippen LogP contribution in [0.1, 0.15) is 27.0 Å². The van der Waals surface area contributed by atoms with Crippen LogP contribution in [0, 0.1) is 0 Å². The van der Waals surface area contributed by atoms with Crippen molar-refractivity contribution in [3.63, 3.8) is 0 Å². The molecule has 2 aromatic carbocycles. The van der Waals surface area contributed by atoms with Crippen LogP contribution in [-0.4, -0.2) is 54.3 Å². The summed E-state index contributed by atoms with van der Waals surface area (Å²) in [5.41, 5.74) is -1.36. The molecule has 0 saturated carbocycles. The molecule has 0 atom stereocenters. The number of rotatable bonds is 5. The first kappa shape index (κ1) is 30.3. The quantitative estimate of drug-likeness (QED) is 0.327. The number of benzene rings is 2. The second-order valence-electron chi connectivity index (χ2n) is 8.40. The van der Waals surface area contributed by atoms with Gasteiger partial charge in [-0.1, -0.05) is 34.1 Å². The van der Waals surface area contributed by atoms with Gasteiger partial charge in [0.25, 0.3) is 0 Å². The second kappa shape index (κ2) is 12.7. The van der Waals surface area contributed by atoms with Gasteiger partial charge in [0.15, 0.2) is 0 Å². The number of hydrogen-bond acceptors (Lipinski definition) is 6. The lowest BCUT2D eigenvalue weighted by Crippen LogP contribution is -2.44. The van der Waals surface area contributed by atoms with E-state index in [1.54, 1.807) is 0 Å². The van der Waals surface area contributed by atoms with Gasteiger partial charge in [0, 0.05) is 49.0 Å². The number of halogens is 7. The number of hydrogen-bond donors (Lipinski definition) is 3.